The minimum Gasteiger partial charge on any atom is -0.301 e. The van der Waals surface area contributed by atoms with Gasteiger partial charge >= 0.3 is 0 Å². The highest BCUT2D eigenvalue weighted by atomic mass is 79.9. The lowest BCUT2D eigenvalue weighted by atomic mass is 10.0. The van der Waals surface area contributed by atoms with Crippen LogP contribution in [0.3, 0.4) is 0 Å². The number of piperazine rings is 1. The number of rotatable bonds is 3. The number of halogens is 1. The van der Waals surface area contributed by atoms with Crippen LogP contribution in [-0.4, -0.2) is 18.4 Å². The fourth-order valence-corrected chi connectivity index (χ4v) is 4.42. The summed E-state index contributed by atoms with van der Waals surface area (Å²) in [5.74, 6) is -0.187. The zero-order valence-corrected chi connectivity index (χ0v) is 17.0. The lowest BCUT2D eigenvalue weighted by Crippen LogP contribution is -2.56. The van der Waals surface area contributed by atoms with E-state index in [1.165, 1.54) is 11.3 Å². The average molecular weight is 441 g/mol. The third-order valence-corrected chi connectivity index (χ3v) is 6.10. The second kappa shape index (κ2) is 7.29. The molecule has 3 aromatic rings. The molecule has 6 heteroatoms. The van der Waals surface area contributed by atoms with Crippen LogP contribution in [0.25, 0.3) is 0 Å². The molecule has 2 aromatic carbocycles. The topological polar surface area (TPSA) is 40.6 Å². The minimum atomic E-state index is -0.660. The fourth-order valence-electron chi connectivity index (χ4n) is 3.35. The number of nitrogens with zero attached hydrogens (tertiary/aromatic N) is 2. The first kappa shape index (κ1) is 17.9. The molecule has 1 saturated heterocycles. The van der Waals surface area contributed by atoms with Gasteiger partial charge in [-0.1, -0.05) is 40.2 Å². The first-order chi connectivity index (χ1) is 13.1. The highest BCUT2D eigenvalue weighted by Gasteiger charge is 2.42. The van der Waals surface area contributed by atoms with Gasteiger partial charge in [0.1, 0.15) is 6.54 Å². The van der Waals surface area contributed by atoms with Crippen molar-refractivity contribution in [1.29, 1.82) is 0 Å². The third kappa shape index (κ3) is 3.31. The number of amides is 2. The van der Waals surface area contributed by atoms with Crippen molar-refractivity contribution in [2.45, 2.75) is 13.0 Å². The van der Waals surface area contributed by atoms with Crippen LogP contribution in [0.15, 0.2) is 70.5 Å². The summed E-state index contributed by atoms with van der Waals surface area (Å²) in [7, 11) is 0. The highest BCUT2D eigenvalue weighted by Crippen LogP contribution is 2.37. The molecule has 1 unspecified atom stereocenters. The van der Waals surface area contributed by atoms with Crippen LogP contribution >= 0.6 is 27.3 Å². The molecule has 1 fully saturated rings. The van der Waals surface area contributed by atoms with Crippen molar-refractivity contribution in [3.8, 4) is 0 Å². The molecule has 4 nitrogen and oxygen atoms in total. The van der Waals surface area contributed by atoms with Crippen molar-refractivity contribution in [2.24, 2.45) is 0 Å². The number of benzene rings is 2. The maximum Gasteiger partial charge on any atom is 0.256 e. The molecule has 0 bridgehead atoms. The van der Waals surface area contributed by atoms with Gasteiger partial charge in [0.2, 0.25) is 5.91 Å². The molecule has 0 N–H and O–H groups in total. The van der Waals surface area contributed by atoms with Gasteiger partial charge in [-0.15, -0.1) is 11.3 Å². The summed E-state index contributed by atoms with van der Waals surface area (Å²) in [5, 5.41) is 1.93. The van der Waals surface area contributed by atoms with E-state index in [0.29, 0.717) is 0 Å². The number of hydrogen-bond donors (Lipinski definition) is 0. The lowest BCUT2D eigenvalue weighted by Gasteiger charge is -2.40. The maximum atomic E-state index is 13.5. The first-order valence-corrected chi connectivity index (χ1v) is 10.2. The number of carbonyl (C=O) groups excluding carboxylic acids is 2. The summed E-state index contributed by atoms with van der Waals surface area (Å²) < 4.78 is 0.927. The van der Waals surface area contributed by atoms with E-state index in [2.05, 4.69) is 15.9 Å². The Morgan fingerprint density at radius 1 is 1.00 bits per heavy atom. The minimum absolute atomic E-state index is 0.0294. The van der Waals surface area contributed by atoms with Gasteiger partial charge in [0, 0.05) is 20.7 Å². The van der Waals surface area contributed by atoms with E-state index < -0.39 is 6.04 Å². The van der Waals surface area contributed by atoms with Crippen LogP contribution in [0.2, 0.25) is 0 Å². The molecule has 2 amide bonds. The predicted octanol–water partition coefficient (Wildman–Crippen LogP) is 4.94. The van der Waals surface area contributed by atoms with Gasteiger partial charge < -0.3 is 4.90 Å². The number of thiophene rings is 1. The van der Waals surface area contributed by atoms with Gasteiger partial charge in [0.15, 0.2) is 6.04 Å². The second-order valence-electron chi connectivity index (χ2n) is 6.37. The van der Waals surface area contributed by atoms with Gasteiger partial charge in [-0.25, -0.2) is 0 Å². The van der Waals surface area contributed by atoms with E-state index in [9.17, 15) is 9.59 Å². The van der Waals surface area contributed by atoms with Crippen LogP contribution in [0, 0.1) is 6.92 Å². The molecular formula is C21H17BrN2O2S. The molecule has 0 spiro atoms. The van der Waals surface area contributed by atoms with Gasteiger partial charge in [-0.05, 0) is 54.3 Å². The van der Waals surface area contributed by atoms with Crippen LogP contribution in [0.4, 0.5) is 11.4 Å². The molecular weight excluding hydrogens is 424 g/mol. The molecule has 4 rings (SSSR count). The van der Waals surface area contributed by atoms with Crippen LogP contribution < -0.4 is 9.80 Å². The van der Waals surface area contributed by atoms with Crippen molar-refractivity contribution in [3.63, 3.8) is 0 Å². The van der Waals surface area contributed by atoms with Crippen molar-refractivity contribution < 1.29 is 9.59 Å². The van der Waals surface area contributed by atoms with E-state index in [4.69, 9.17) is 0 Å². The fraction of sp³-hybridized carbons (Fsp3) is 0.143. The predicted molar refractivity (Wildman–Crippen MR) is 112 cm³/mol. The third-order valence-electron chi connectivity index (χ3n) is 4.64. The van der Waals surface area contributed by atoms with E-state index in [-0.39, 0.29) is 18.4 Å². The normalized spacial score (nSPS) is 17.5. The molecule has 2 heterocycles. The van der Waals surface area contributed by atoms with Gasteiger partial charge in [0.05, 0.1) is 0 Å². The largest absolute Gasteiger partial charge is 0.301 e. The number of anilines is 2. The molecule has 136 valence electrons. The zero-order valence-electron chi connectivity index (χ0n) is 14.6. The summed E-state index contributed by atoms with van der Waals surface area (Å²) in [6.45, 7) is 1.98. The Kier molecular flexibility index (Phi) is 4.85. The Hall–Kier alpha value is -2.44. The lowest BCUT2D eigenvalue weighted by molar-refractivity contribution is -0.128. The molecule has 0 radical (unpaired) electrons. The van der Waals surface area contributed by atoms with Gasteiger partial charge in [-0.3, -0.25) is 14.5 Å². The molecule has 1 aliphatic heterocycles. The highest BCUT2D eigenvalue weighted by molar-refractivity contribution is 9.10. The number of carbonyl (C=O) groups is 2. The van der Waals surface area contributed by atoms with Crippen molar-refractivity contribution in [3.05, 3.63) is 81.0 Å². The molecule has 1 aliphatic rings. The van der Waals surface area contributed by atoms with Crippen LogP contribution in [0.1, 0.15) is 16.5 Å². The van der Waals surface area contributed by atoms with Crippen LogP contribution in [-0.2, 0) is 9.59 Å². The molecule has 1 atom stereocenters. The molecule has 27 heavy (non-hydrogen) atoms. The number of aryl methyl sites for hydroxylation is 1. The molecule has 1 aromatic heterocycles. The van der Waals surface area contributed by atoms with Crippen molar-refractivity contribution in [1.82, 2.24) is 0 Å². The summed E-state index contributed by atoms with van der Waals surface area (Å²) >= 11 is 4.91. The van der Waals surface area contributed by atoms with E-state index in [1.54, 1.807) is 9.80 Å². The quantitative estimate of drug-likeness (QED) is 0.578. The number of hydrogen-bond acceptors (Lipinski definition) is 3. The Morgan fingerprint density at radius 3 is 2.41 bits per heavy atom. The summed E-state index contributed by atoms with van der Waals surface area (Å²) in [6.07, 6.45) is 0. The Morgan fingerprint density at radius 2 is 1.74 bits per heavy atom. The van der Waals surface area contributed by atoms with Crippen molar-refractivity contribution in [2.75, 3.05) is 16.3 Å². The second-order valence-corrected chi connectivity index (χ2v) is 8.26. The number of para-hydroxylation sites is 1. The van der Waals surface area contributed by atoms with E-state index in [1.807, 2.05) is 73.0 Å². The van der Waals surface area contributed by atoms with Gasteiger partial charge in [-0.2, -0.15) is 0 Å². The van der Waals surface area contributed by atoms with Crippen LogP contribution in [0.5, 0.6) is 0 Å². The monoisotopic (exact) mass is 440 g/mol. The van der Waals surface area contributed by atoms with E-state index >= 15 is 0 Å². The Bertz CT molecular complexity index is 986. The Labute approximate surface area is 170 Å². The first-order valence-electron chi connectivity index (χ1n) is 8.54. The SMILES string of the molecule is Cc1ccccc1N1CC(=O)N(c2ccc(Br)cc2)C(c2cccs2)C1=O. The van der Waals surface area contributed by atoms with E-state index in [0.717, 1.165) is 26.3 Å². The zero-order chi connectivity index (χ0) is 19.0. The smallest absolute Gasteiger partial charge is 0.256 e. The van der Waals surface area contributed by atoms with Crippen molar-refractivity contribution >= 4 is 50.5 Å². The standard InChI is InChI=1S/C21H17BrN2O2S/c1-14-5-2-3-6-17(14)23-13-19(25)24(16-10-8-15(22)9-11-16)20(21(23)26)18-7-4-12-27-18/h2-12,20H,13H2,1H3. The summed E-state index contributed by atoms with van der Waals surface area (Å²) in [4.78, 5) is 30.7. The summed E-state index contributed by atoms with van der Waals surface area (Å²) in [6, 6.07) is 18.3. The molecule has 0 saturated carbocycles. The molecule has 0 aliphatic carbocycles. The maximum absolute atomic E-state index is 13.5. The van der Waals surface area contributed by atoms with Gasteiger partial charge in [0.25, 0.3) is 5.91 Å². The Balaban J connectivity index is 1.80. The average Bonchev–Trinajstić information content (AvgIpc) is 3.19. The summed E-state index contributed by atoms with van der Waals surface area (Å²) in [5.41, 5.74) is 2.48.